The Bertz CT molecular complexity index is 183. The van der Waals surface area contributed by atoms with Crippen LogP contribution in [0.5, 0.6) is 0 Å². The average molecular weight is 319 g/mol. The fraction of sp³-hybridized carbons (Fsp3) is 1.00. The van der Waals surface area contributed by atoms with Crippen molar-refractivity contribution in [3.63, 3.8) is 0 Å². The quantitative estimate of drug-likeness (QED) is 0.229. The van der Waals surface area contributed by atoms with Crippen molar-refractivity contribution in [1.29, 1.82) is 0 Å². The molecule has 5 unspecified atom stereocenters. The molecule has 7 heteroatoms. The molecule has 1 aliphatic rings. The predicted octanol–water partition coefficient (Wildman–Crippen LogP) is -2.23. The van der Waals surface area contributed by atoms with Gasteiger partial charge in [-0.1, -0.05) is 22.6 Å². The van der Waals surface area contributed by atoms with E-state index in [0.717, 1.165) is 0 Å². The van der Waals surface area contributed by atoms with Crippen LogP contribution >= 0.6 is 22.6 Å². The van der Waals surface area contributed by atoms with Gasteiger partial charge in [0.2, 0.25) is 0 Å². The molecule has 0 aromatic heterocycles. The van der Waals surface area contributed by atoms with Gasteiger partial charge in [-0.15, -0.1) is 0 Å². The van der Waals surface area contributed by atoms with Crippen LogP contribution in [-0.4, -0.2) is 62.2 Å². The summed E-state index contributed by atoms with van der Waals surface area (Å²) in [5.41, 5.74) is 0. The summed E-state index contributed by atoms with van der Waals surface area (Å²) >= 11 is 2.01. The summed E-state index contributed by atoms with van der Waals surface area (Å²) in [6, 6.07) is -0.732. The standard InChI is InChI=1S/C7H14INO5/c8-2-9-4-6(12)5(11)3(1-10)14-7(4)13/h3-7,9-13H,1-2H2. The van der Waals surface area contributed by atoms with E-state index >= 15 is 0 Å². The minimum Gasteiger partial charge on any atom is -0.394 e. The van der Waals surface area contributed by atoms with Gasteiger partial charge < -0.3 is 25.2 Å². The maximum Gasteiger partial charge on any atom is 0.173 e. The second-order valence-corrected chi connectivity index (χ2v) is 3.86. The van der Waals surface area contributed by atoms with Crippen molar-refractivity contribution >= 4 is 22.6 Å². The van der Waals surface area contributed by atoms with E-state index in [2.05, 4.69) is 5.32 Å². The van der Waals surface area contributed by atoms with E-state index in [-0.39, 0.29) is 0 Å². The van der Waals surface area contributed by atoms with Crippen LogP contribution in [-0.2, 0) is 4.74 Å². The first-order valence-electron chi connectivity index (χ1n) is 4.21. The third kappa shape index (κ3) is 2.54. The number of rotatable bonds is 3. The number of hydrogen-bond donors (Lipinski definition) is 5. The number of aliphatic hydroxyl groups excluding tert-OH is 4. The van der Waals surface area contributed by atoms with Crippen molar-refractivity contribution in [3.05, 3.63) is 0 Å². The summed E-state index contributed by atoms with van der Waals surface area (Å²) < 4.78 is 5.42. The minimum absolute atomic E-state index is 0.438. The lowest BCUT2D eigenvalue weighted by Gasteiger charge is -2.40. The Labute approximate surface area is 95.0 Å². The third-order valence-corrected chi connectivity index (χ3v) is 2.65. The van der Waals surface area contributed by atoms with Crippen molar-refractivity contribution in [1.82, 2.24) is 5.32 Å². The number of ether oxygens (including phenoxy) is 1. The van der Waals surface area contributed by atoms with Gasteiger partial charge in [-0.05, 0) is 0 Å². The SMILES string of the molecule is OCC1OC(O)C(NCI)C(O)C1O. The van der Waals surface area contributed by atoms with Crippen LogP contribution in [0.25, 0.3) is 0 Å². The highest BCUT2D eigenvalue weighted by Crippen LogP contribution is 2.19. The lowest BCUT2D eigenvalue weighted by atomic mass is 9.97. The van der Waals surface area contributed by atoms with Crippen LogP contribution in [0.4, 0.5) is 0 Å². The van der Waals surface area contributed by atoms with Gasteiger partial charge in [-0.2, -0.15) is 0 Å². The molecular formula is C7H14INO5. The fourth-order valence-electron chi connectivity index (χ4n) is 1.41. The first-order valence-corrected chi connectivity index (χ1v) is 5.74. The normalized spacial score (nSPS) is 43.9. The van der Waals surface area contributed by atoms with Gasteiger partial charge in [0.05, 0.1) is 12.6 Å². The molecule has 1 saturated heterocycles. The Morgan fingerprint density at radius 2 is 1.86 bits per heavy atom. The van der Waals surface area contributed by atoms with Gasteiger partial charge in [0, 0.05) is 4.55 Å². The van der Waals surface area contributed by atoms with E-state index in [9.17, 15) is 15.3 Å². The highest BCUT2D eigenvalue weighted by atomic mass is 127. The van der Waals surface area contributed by atoms with Crippen LogP contribution in [0.2, 0.25) is 0 Å². The monoisotopic (exact) mass is 319 g/mol. The maximum absolute atomic E-state index is 9.57. The van der Waals surface area contributed by atoms with Gasteiger partial charge in [-0.3, -0.25) is 5.32 Å². The Morgan fingerprint density at radius 1 is 1.21 bits per heavy atom. The number of halogens is 1. The van der Waals surface area contributed by atoms with Crippen LogP contribution in [0.15, 0.2) is 0 Å². The van der Waals surface area contributed by atoms with Crippen LogP contribution in [0.3, 0.4) is 0 Å². The Balaban J connectivity index is 2.63. The first kappa shape index (κ1) is 12.6. The van der Waals surface area contributed by atoms with Crippen molar-refractivity contribution < 1.29 is 25.2 Å². The average Bonchev–Trinajstić information content (AvgIpc) is 2.18. The van der Waals surface area contributed by atoms with E-state index in [1.54, 1.807) is 0 Å². The zero-order valence-electron chi connectivity index (χ0n) is 7.38. The molecule has 0 aliphatic carbocycles. The summed E-state index contributed by atoms with van der Waals surface area (Å²) in [4.78, 5) is 0. The summed E-state index contributed by atoms with van der Waals surface area (Å²) in [5, 5.41) is 40.0. The molecule has 6 nitrogen and oxygen atoms in total. The van der Waals surface area contributed by atoms with Crippen LogP contribution in [0.1, 0.15) is 0 Å². The van der Waals surface area contributed by atoms with Crippen molar-refractivity contribution in [3.8, 4) is 0 Å². The molecule has 5 N–H and O–H groups in total. The molecule has 0 bridgehead atoms. The van der Waals surface area contributed by atoms with Gasteiger partial charge >= 0.3 is 0 Å². The van der Waals surface area contributed by atoms with Crippen LogP contribution < -0.4 is 5.32 Å². The topological polar surface area (TPSA) is 102 Å². The minimum atomic E-state index is -1.22. The number of hydrogen-bond acceptors (Lipinski definition) is 6. The molecule has 0 aromatic rings. The largest absolute Gasteiger partial charge is 0.394 e. The molecule has 0 spiro atoms. The molecule has 0 radical (unpaired) electrons. The molecule has 1 aliphatic heterocycles. The zero-order chi connectivity index (χ0) is 10.7. The lowest BCUT2D eigenvalue weighted by Crippen LogP contribution is -2.63. The second kappa shape index (κ2) is 5.54. The van der Waals surface area contributed by atoms with Crippen molar-refractivity contribution in [2.45, 2.75) is 30.6 Å². The summed E-state index contributed by atoms with van der Waals surface area (Å²) in [6.07, 6.45) is -4.50. The summed E-state index contributed by atoms with van der Waals surface area (Å²) in [7, 11) is 0. The Morgan fingerprint density at radius 3 is 2.36 bits per heavy atom. The molecular weight excluding hydrogens is 305 g/mol. The molecule has 1 fully saturated rings. The van der Waals surface area contributed by atoms with Gasteiger partial charge in [-0.25, -0.2) is 0 Å². The van der Waals surface area contributed by atoms with Crippen LogP contribution in [0, 0.1) is 0 Å². The van der Waals surface area contributed by atoms with Gasteiger partial charge in [0.25, 0.3) is 0 Å². The number of nitrogens with one attached hydrogen (secondary N) is 1. The molecule has 84 valence electrons. The molecule has 0 saturated carbocycles. The first-order chi connectivity index (χ1) is 6.61. The van der Waals surface area contributed by atoms with Gasteiger partial charge in [0.15, 0.2) is 6.29 Å². The van der Waals surface area contributed by atoms with Crippen molar-refractivity contribution in [2.75, 3.05) is 11.2 Å². The molecule has 0 aromatic carbocycles. The molecule has 1 heterocycles. The summed E-state index contributed by atoms with van der Waals surface area (Å²) in [6.45, 7) is -0.438. The molecule has 1 rings (SSSR count). The van der Waals surface area contributed by atoms with E-state index in [1.165, 1.54) is 0 Å². The van der Waals surface area contributed by atoms with E-state index in [4.69, 9.17) is 9.84 Å². The van der Waals surface area contributed by atoms with E-state index < -0.39 is 37.3 Å². The highest BCUT2D eigenvalue weighted by molar-refractivity contribution is 14.1. The smallest absolute Gasteiger partial charge is 0.173 e. The predicted molar refractivity (Wildman–Crippen MR) is 55.8 cm³/mol. The third-order valence-electron chi connectivity index (χ3n) is 2.21. The Kier molecular flexibility index (Phi) is 4.97. The lowest BCUT2D eigenvalue weighted by molar-refractivity contribution is -0.253. The second-order valence-electron chi connectivity index (χ2n) is 3.09. The number of alkyl halides is 1. The van der Waals surface area contributed by atoms with Crippen molar-refractivity contribution in [2.24, 2.45) is 0 Å². The van der Waals surface area contributed by atoms with E-state index in [1.807, 2.05) is 22.6 Å². The van der Waals surface area contributed by atoms with E-state index in [0.29, 0.717) is 4.55 Å². The summed E-state index contributed by atoms with van der Waals surface area (Å²) in [5.74, 6) is 0. The molecule has 14 heavy (non-hydrogen) atoms. The highest BCUT2D eigenvalue weighted by Gasteiger charge is 2.43. The van der Waals surface area contributed by atoms with Gasteiger partial charge in [0.1, 0.15) is 18.3 Å². The fourth-order valence-corrected chi connectivity index (χ4v) is 1.92. The zero-order valence-corrected chi connectivity index (χ0v) is 9.53. The molecule has 5 atom stereocenters. The molecule has 0 amide bonds. The number of aliphatic hydroxyl groups is 4. The Hall–Kier alpha value is 0.490. The maximum atomic E-state index is 9.57.